The fourth-order valence-electron chi connectivity index (χ4n) is 3.65. The number of urea groups is 1. The van der Waals surface area contributed by atoms with Gasteiger partial charge < -0.3 is 14.7 Å². The number of hydrogen-bond acceptors (Lipinski definition) is 4. The highest BCUT2D eigenvalue weighted by molar-refractivity contribution is 6.30. The molecule has 0 saturated carbocycles. The highest BCUT2D eigenvalue weighted by Gasteiger charge is 2.39. The maximum atomic E-state index is 12.8. The Morgan fingerprint density at radius 2 is 1.90 bits per heavy atom. The summed E-state index contributed by atoms with van der Waals surface area (Å²) in [7, 11) is 0. The van der Waals surface area contributed by atoms with Crippen molar-refractivity contribution in [1.29, 1.82) is 0 Å². The van der Waals surface area contributed by atoms with Crippen molar-refractivity contribution in [3.05, 3.63) is 77.4 Å². The Hall–Kier alpha value is -3.58. The largest absolute Gasteiger partial charge is 0.439 e. The van der Waals surface area contributed by atoms with E-state index in [0.717, 1.165) is 26.9 Å². The van der Waals surface area contributed by atoms with E-state index in [9.17, 15) is 9.59 Å². The Kier molecular flexibility index (Phi) is 4.52. The van der Waals surface area contributed by atoms with Gasteiger partial charge >= 0.3 is 6.03 Å². The normalized spacial score (nSPS) is 16.4. The van der Waals surface area contributed by atoms with E-state index < -0.39 is 12.1 Å². The van der Waals surface area contributed by atoms with Crippen LogP contribution in [0.2, 0.25) is 5.02 Å². The molecule has 4 aromatic rings. The Morgan fingerprint density at radius 3 is 2.73 bits per heavy atom. The lowest BCUT2D eigenvalue weighted by molar-refractivity contribution is -0.128. The molecule has 0 aliphatic carbocycles. The average Bonchev–Trinajstić information content (AvgIpc) is 3.44. The number of para-hydroxylation sites is 1. The molecule has 1 aliphatic rings. The Balaban J connectivity index is 1.31. The van der Waals surface area contributed by atoms with Gasteiger partial charge in [-0.05, 0) is 35.9 Å². The van der Waals surface area contributed by atoms with Gasteiger partial charge in [-0.2, -0.15) is 0 Å². The molecule has 1 saturated heterocycles. The molecule has 2 N–H and O–H groups in total. The van der Waals surface area contributed by atoms with Gasteiger partial charge in [-0.1, -0.05) is 29.8 Å². The van der Waals surface area contributed by atoms with E-state index in [1.165, 1.54) is 0 Å². The lowest BCUT2D eigenvalue weighted by atomic mass is 10.1. The number of carbonyl (C=O) groups excluding carboxylic acids is 2. The molecule has 0 radical (unpaired) electrons. The van der Waals surface area contributed by atoms with Crippen LogP contribution in [0.15, 0.2) is 65.3 Å². The quantitative estimate of drug-likeness (QED) is 0.475. The molecule has 2 aromatic heterocycles. The van der Waals surface area contributed by atoms with Crippen molar-refractivity contribution in [3.63, 3.8) is 0 Å². The number of amides is 3. The van der Waals surface area contributed by atoms with Crippen LogP contribution < -0.4 is 5.32 Å². The number of fused-ring (bicyclic) bond motifs is 1. The molecule has 1 aliphatic heterocycles. The monoisotopic (exact) mass is 420 g/mol. The van der Waals surface area contributed by atoms with E-state index >= 15 is 0 Å². The molecule has 5 rings (SSSR count). The number of benzene rings is 2. The van der Waals surface area contributed by atoms with Crippen molar-refractivity contribution in [3.8, 4) is 11.3 Å². The first-order chi connectivity index (χ1) is 14.6. The van der Waals surface area contributed by atoms with Crippen LogP contribution in [0.4, 0.5) is 4.79 Å². The van der Waals surface area contributed by atoms with E-state index in [2.05, 4.69) is 15.3 Å². The van der Waals surface area contributed by atoms with Gasteiger partial charge in [0, 0.05) is 34.1 Å². The number of carbonyl (C=O) groups is 2. The van der Waals surface area contributed by atoms with Crippen LogP contribution in [0, 0.1) is 0 Å². The molecule has 2 aromatic carbocycles. The third kappa shape index (κ3) is 3.33. The molecule has 7 nitrogen and oxygen atoms in total. The third-order valence-corrected chi connectivity index (χ3v) is 5.43. The highest BCUT2D eigenvalue weighted by Crippen LogP contribution is 2.25. The van der Waals surface area contributed by atoms with Crippen LogP contribution in [0.1, 0.15) is 11.5 Å². The smallest absolute Gasteiger partial charge is 0.325 e. The fourth-order valence-corrected chi connectivity index (χ4v) is 3.78. The number of hydrogen-bond donors (Lipinski definition) is 2. The van der Waals surface area contributed by atoms with Crippen molar-refractivity contribution in [2.75, 3.05) is 0 Å². The van der Waals surface area contributed by atoms with Gasteiger partial charge in [0.15, 0.2) is 5.76 Å². The van der Waals surface area contributed by atoms with E-state index in [-0.39, 0.29) is 18.3 Å². The third-order valence-electron chi connectivity index (χ3n) is 5.18. The molecular weight excluding hydrogens is 404 g/mol. The van der Waals surface area contributed by atoms with Crippen LogP contribution in [0.25, 0.3) is 22.2 Å². The summed E-state index contributed by atoms with van der Waals surface area (Å²) in [5, 5.41) is 4.43. The van der Waals surface area contributed by atoms with Crippen LogP contribution in [-0.2, 0) is 17.8 Å². The highest BCUT2D eigenvalue weighted by atomic mass is 35.5. The second-order valence-corrected chi connectivity index (χ2v) is 7.55. The van der Waals surface area contributed by atoms with Gasteiger partial charge in [-0.3, -0.25) is 9.69 Å². The SMILES string of the molecule is O=C1N[C@@H](Cc2c[nH]c3ccccc23)C(=O)N1Cc1ncc(-c2ccc(Cl)cc2)o1. The molecule has 8 heteroatoms. The van der Waals surface area contributed by atoms with Gasteiger partial charge in [0.1, 0.15) is 12.6 Å². The number of aromatic amines is 1. The van der Waals surface area contributed by atoms with Gasteiger partial charge in [0.25, 0.3) is 5.91 Å². The van der Waals surface area contributed by atoms with Crippen molar-refractivity contribution in [1.82, 2.24) is 20.2 Å². The summed E-state index contributed by atoms with van der Waals surface area (Å²) in [6.45, 7) is -0.0252. The maximum Gasteiger partial charge on any atom is 0.325 e. The summed E-state index contributed by atoms with van der Waals surface area (Å²) < 4.78 is 5.73. The first kappa shape index (κ1) is 18.4. The second kappa shape index (κ2) is 7.35. The number of aromatic nitrogens is 2. The maximum absolute atomic E-state index is 12.8. The van der Waals surface area contributed by atoms with Crippen molar-refractivity contribution < 1.29 is 14.0 Å². The van der Waals surface area contributed by atoms with Crippen LogP contribution in [0.5, 0.6) is 0 Å². The van der Waals surface area contributed by atoms with Gasteiger partial charge in [-0.25, -0.2) is 9.78 Å². The molecule has 0 spiro atoms. The molecule has 0 bridgehead atoms. The lowest BCUT2D eigenvalue weighted by Gasteiger charge is -2.10. The summed E-state index contributed by atoms with van der Waals surface area (Å²) >= 11 is 5.91. The molecular formula is C22H17ClN4O3. The number of nitrogens with zero attached hydrogens (tertiary/aromatic N) is 2. The molecule has 0 unspecified atom stereocenters. The Morgan fingerprint density at radius 1 is 1.10 bits per heavy atom. The molecule has 1 atom stereocenters. The topological polar surface area (TPSA) is 91.2 Å². The zero-order valence-electron chi connectivity index (χ0n) is 15.8. The Labute approximate surface area is 176 Å². The van der Waals surface area contributed by atoms with Gasteiger partial charge in [-0.15, -0.1) is 0 Å². The summed E-state index contributed by atoms with van der Waals surface area (Å²) in [5.41, 5.74) is 2.79. The summed E-state index contributed by atoms with van der Waals surface area (Å²) in [6, 6.07) is 13.9. The van der Waals surface area contributed by atoms with Crippen LogP contribution >= 0.6 is 11.6 Å². The summed E-state index contributed by atoms with van der Waals surface area (Å²) in [4.78, 5) is 33.8. The minimum atomic E-state index is -0.623. The van der Waals surface area contributed by atoms with Crippen molar-refractivity contribution >= 4 is 34.4 Å². The predicted octanol–water partition coefficient (Wildman–Crippen LogP) is 4.14. The minimum Gasteiger partial charge on any atom is -0.439 e. The van der Waals surface area contributed by atoms with E-state index in [4.69, 9.17) is 16.0 Å². The number of oxazole rings is 1. The van der Waals surface area contributed by atoms with Crippen LogP contribution in [0.3, 0.4) is 0 Å². The van der Waals surface area contributed by atoms with E-state index in [1.807, 2.05) is 42.6 Å². The van der Waals surface area contributed by atoms with Crippen molar-refractivity contribution in [2.24, 2.45) is 0 Å². The second-order valence-electron chi connectivity index (χ2n) is 7.12. The summed E-state index contributed by atoms with van der Waals surface area (Å²) in [6.07, 6.45) is 3.85. The molecule has 150 valence electrons. The molecule has 3 amide bonds. The van der Waals surface area contributed by atoms with E-state index in [0.29, 0.717) is 17.2 Å². The lowest BCUT2D eigenvalue weighted by Crippen LogP contribution is -2.32. The standard InChI is InChI=1S/C22H17ClN4O3/c23-15-7-5-13(6-8-15)19-11-25-20(30-19)12-27-21(28)18(26-22(27)29)9-14-10-24-17-4-2-1-3-16(14)17/h1-8,10-11,18,24H,9,12H2,(H,26,29)/t18-/m0/s1. The number of imide groups is 1. The first-order valence-corrected chi connectivity index (χ1v) is 9.84. The Bertz CT molecular complexity index is 1240. The minimum absolute atomic E-state index is 0.0252. The number of nitrogens with one attached hydrogen (secondary N) is 2. The summed E-state index contributed by atoms with van der Waals surface area (Å²) in [5.74, 6) is 0.539. The number of H-pyrrole nitrogens is 1. The molecule has 30 heavy (non-hydrogen) atoms. The van der Waals surface area contributed by atoms with Crippen molar-refractivity contribution in [2.45, 2.75) is 19.0 Å². The van der Waals surface area contributed by atoms with Gasteiger partial charge in [0.2, 0.25) is 5.89 Å². The average molecular weight is 421 g/mol. The fraction of sp³-hybridized carbons (Fsp3) is 0.136. The van der Waals surface area contributed by atoms with Gasteiger partial charge in [0.05, 0.1) is 6.20 Å². The van der Waals surface area contributed by atoms with E-state index in [1.54, 1.807) is 18.3 Å². The predicted molar refractivity (Wildman–Crippen MR) is 112 cm³/mol. The molecule has 1 fully saturated rings. The first-order valence-electron chi connectivity index (χ1n) is 9.46. The van der Waals surface area contributed by atoms with Crippen LogP contribution in [-0.4, -0.2) is 32.8 Å². The molecule has 3 heterocycles. The number of halogens is 1. The zero-order valence-corrected chi connectivity index (χ0v) is 16.5. The zero-order chi connectivity index (χ0) is 20.7. The number of rotatable bonds is 5.